The van der Waals surface area contributed by atoms with E-state index in [0.29, 0.717) is 6.54 Å². The Morgan fingerprint density at radius 3 is 2.82 bits per heavy atom. The summed E-state index contributed by atoms with van der Waals surface area (Å²) in [4.78, 5) is 14.7. The summed E-state index contributed by atoms with van der Waals surface area (Å²) in [5.41, 5.74) is 2.85. The molecule has 3 rings (SSSR count). The number of para-hydroxylation sites is 1. The maximum absolute atomic E-state index is 12.5. The molecule has 0 bridgehead atoms. The van der Waals surface area contributed by atoms with Gasteiger partial charge in [-0.3, -0.25) is 9.69 Å². The van der Waals surface area contributed by atoms with E-state index in [1.807, 2.05) is 44.2 Å². The van der Waals surface area contributed by atoms with Crippen LogP contribution in [0.3, 0.4) is 0 Å². The summed E-state index contributed by atoms with van der Waals surface area (Å²) in [5, 5.41) is 7.00. The van der Waals surface area contributed by atoms with Gasteiger partial charge in [0.25, 0.3) is 0 Å². The van der Waals surface area contributed by atoms with Crippen molar-refractivity contribution in [3.8, 4) is 0 Å². The summed E-state index contributed by atoms with van der Waals surface area (Å²) in [6, 6.07) is 9.51. The van der Waals surface area contributed by atoms with Crippen LogP contribution in [-0.2, 0) is 11.3 Å². The Morgan fingerprint density at radius 2 is 2.14 bits per heavy atom. The molecule has 1 amide bonds. The van der Waals surface area contributed by atoms with Gasteiger partial charge < -0.3 is 9.84 Å². The molecule has 1 aromatic heterocycles. The Labute approximate surface area is 130 Å². The molecule has 1 N–H and O–H groups in total. The molecule has 22 heavy (non-hydrogen) atoms. The zero-order chi connectivity index (χ0) is 15.5. The van der Waals surface area contributed by atoms with Gasteiger partial charge in [0, 0.05) is 17.8 Å². The Bertz CT molecular complexity index is 632. The number of carbonyl (C=O) groups excluding carboxylic acids is 1. The van der Waals surface area contributed by atoms with Gasteiger partial charge in [-0.1, -0.05) is 23.4 Å². The number of nitrogens with zero attached hydrogens (tertiary/aromatic N) is 2. The Hall–Kier alpha value is -2.14. The minimum atomic E-state index is -0.0890. The van der Waals surface area contributed by atoms with Crippen LogP contribution in [0.4, 0.5) is 5.69 Å². The highest BCUT2D eigenvalue weighted by molar-refractivity contribution is 5.94. The summed E-state index contributed by atoms with van der Waals surface area (Å²) < 4.78 is 5.22. The zero-order valence-corrected chi connectivity index (χ0v) is 13.0. The molecule has 1 saturated heterocycles. The van der Waals surface area contributed by atoms with Gasteiger partial charge in [0.15, 0.2) is 0 Å². The first-order chi connectivity index (χ1) is 10.6. The number of carbonyl (C=O) groups is 1. The predicted molar refractivity (Wildman–Crippen MR) is 84.5 cm³/mol. The van der Waals surface area contributed by atoms with Crippen LogP contribution >= 0.6 is 0 Å². The third-order valence-corrected chi connectivity index (χ3v) is 4.25. The molecule has 2 aromatic rings. The van der Waals surface area contributed by atoms with Gasteiger partial charge in [0.2, 0.25) is 5.91 Å². The molecule has 2 heterocycles. The van der Waals surface area contributed by atoms with E-state index >= 15 is 0 Å². The number of hydrogen-bond donors (Lipinski definition) is 1. The SMILES string of the molecule is Cc1noc(C)c1CN1CCC[C@@H]1C(=O)Nc1ccccc1. The van der Waals surface area contributed by atoms with Crippen molar-refractivity contribution in [2.75, 3.05) is 11.9 Å². The monoisotopic (exact) mass is 299 g/mol. The highest BCUT2D eigenvalue weighted by Gasteiger charge is 2.31. The molecule has 0 radical (unpaired) electrons. The molecule has 0 spiro atoms. The lowest BCUT2D eigenvalue weighted by atomic mass is 10.1. The first kappa shape index (κ1) is 14.8. The molecule has 1 aliphatic rings. The third kappa shape index (κ3) is 3.04. The molecule has 0 unspecified atom stereocenters. The summed E-state index contributed by atoms with van der Waals surface area (Å²) >= 11 is 0. The molecule has 1 aromatic carbocycles. The van der Waals surface area contributed by atoms with E-state index in [0.717, 1.165) is 42.1 Å². The second kappa shape index (κ2) is 6.32. The van der Waals surface area contributed by atoms with Crippen LogP contribution in [0.2, 0.25) is 0 Å². The van der Waals surface area contributed by atoms with E-state index in [-0.39, 0.29) is 11.9 Å². The number of anilines is 1. The fraction of sp³-hybridized carbons (Fsp3) is 0.412. The average Bonchev–Trinajstić information content (AvgIpc) is 3.10. The van der Waals surface area contributed by atoms with Crippen LogP contribution in [0, 0.1) is 13.8 Å². The lowest BCUT2D eigenvalue weighted by Crippen LogP contribution is -2.39. The van der Waals surface area contributed by atoms with Crippen LogP contribution in [0.1, 0.15) is 29.9 Å². The van der Waals surface area contributed by atoms with Crippen molar-refractivity contribution in [3.63, 3.8) is 0 Å². The standard InChI is InChI=1S/C17H21N3O2/c1-12-15(13(2)22-19-12)11-20-10-6-9-16(20)17(21)18-14-7-4-3-5-8-14/h3-5,7-8,16H,6,9-11H2,1-2H3,(H,18,21)/t16-/m1/s1. The number of aromatic nitrogens is 1. The first-order valence-corrected chi connectivity index (χ1v) is 7.67. The molecule has 1 fully saturated rings. The van der Waals surface area contributed by atoms with Crippen molar-refractivity contribution < 1.29 is 9.32 Å². The number of aryl methyl sites for hydroxylation is 2. The lowest BCUT2D eigenvalue weighted by Gasteiger charge is -2.23. The second-order valence-corrected chi connectivity index (χ2v) is 5.79. The van der Waals surface area contributed by atoms with E-state index in [1.165, 1.54) is 0 Å². The Balaban J connectivity index is 1.69. The van der Waals surface area contributed by atoms with E-state index in [9.17, 15) is 4.79 Å². The maximum Gasteiger partial charge on any atom is 0.241 e. The van der Waals surface area contributed by atoms with Crippen molar-refractivity contribution in [2.45, 2.75) is 39.3 Å². The Kier molecular flexibility index (Phi) is 4.24. The Morgan fingerprint density at radius 1 is 1.36 bits per heavy atom. The van der Waals surface area contributed by atoms with Gasteiger partial charge in [-0.25, -0.2) is 0 Å². The van der Waals surface area contributed by atoms with Gasteiger partial charge in [-0.2, -0.15) is 0 Å². The van der Waals surface area contributed by atoms with Gasteiger partial charge in [-0.05, 0) is 45.4 Å². The fourth-order valence-electron chi connectivity index (χ4n) is 2.99. The van der Waals surface area contributed by atoms with Crippen molar-refractivity contribution in [1.82, 2.24) is 10.1 Å². The van der Waals surface area contributed by atoms with Crippen LogP contribution in [0.5, 0.6) is 0 Å². The fourth-order valence-corrected chi connectivity index (χ4v) is 2.99. The van der Waals surface area contributed by atoms with E-state index in [2.05, 4.69) is 15.4 Å². The minimum absolute atomic E-state index is 0.0652. The molecule has 0 aliphatic carbocycles. The predicted octanol–water partition coefficient (Wildman–Crippen LogP) is 2.89. The van der Waals surface area contributed by atoms with Crippen LogP contribution in [0.15, 0.2) is 34.9 Å². The maximum atomic E-state index is 12.5. The number of rotatable bonds is 4. The molecular weight excluding hydrogens is 278 g/mol. The lowest BCUT2D eigenvalue weighted by molar-refractivity contribution is -0.120. The summed E-state index contributed by atoms with van der Waals surface area (Å²) in [6.45, 7) is 5.51. The number of likely N-dealkylation sites (tertiary alicyclic amines) is 1. The third-order valence-electron chi connectivity index (χ3n) is 4.25. The topological polar surface area (TPSA) is 58.4 Å². The summed E-state index contributed by atoms with van der Waals surface area (Å²) in [5.74, 6) is 0.905. The molecule has 116 valence electrons. The highest BCUT2D eigenvalue weighted by atomic mass is 16.5. The van der Waals surface area contributed by atoms with Gasteiger partial charge in [0.05, 0.1) is 11.7 Å². The molecule has 5 nitrogen and oxygen atoms in total. The average molecular weight is 299 g/mol. The number of amides is 1. The quantitative estimate of drug-likeness (QED) is 0.943. The molecule has 1 aliphatic heterocycles. The van der Waals surface area contributed by atoms with E-state index < -0.39 is 0 Å². The molecule has 0 saturated carbocycles. The smallest absolute Gasteiger partial charge is 0.241 e. The van der Waals surface area contributed by atoms with Gasteiger partial charge in [-0.15, -0.1) is 0 Å². The summed E-state index contributed by atoms with van der Waals surface area (Å²) in [6.07, 6.45) is 1.93. The highest BCUT2D eigenvalue weighted by Crippen LogP contribution is 2.24. The van der Waals surface area contributed by atoms with Crippen LogP contribution in [-0.4, -0.2) is 28.6 Å². The van der Waals surface area contributed by atoms with Crippen molar-refractivity contribution in [3.05, 3.63) is 47.3 Å². The number of nitrogens with one attached hydrogen (secondary N) is 1. The van der Waals surface area contributed by atoms with E-state index in [4.69, 9.17) is 4.52 Å². The molecular formula is C17H21N3O2. The van der Waals surface area contributed by atoms with Crippen LogP contribution in [0.25, 0.3) is 0 Å². The number of hydrogen-bond acceptors (Lipinski definition) is 4. The minimum Gasteiger partial charge on any atom is -0.361 e. The first-order valence-electron chi connectivity index (χ1n) is 7.67. The van der Waals surface area contributed by atoms with Crippen molar-refractivity contribution in [1.29, 1.82) is 0 Å². The molecule has 1 atom stereocenters. The normalized spacial score (nSPS) is 18.5. The van der Waals surface area contributed by atoms with Crippen molar-refractivity contribution in [2.24, 2.45) is 0 Å². The van der Waals surface area contributed by atoms with Gasteiger partial charge in [0.1, 0.15) is 5.76 Å². The largest absolute Gasteiger partial charge is 0.361 e. The van der Waals surface area contributed by atoms with Gasteiger partial charge >= 0.3 is 0 Å². The zero-order valence-electron chi connectivity index (χ0n) is 13.0. The van der Waals surface area contributed by atoms with Crippen molar-refractivity contribution >= 4 is 11.6 Å². The summed E-state index contributed by atoms with van der Waals surface area (Å²) in [7, 11) is 0. The van der Waals surface area contributed by atoms with E-state index in [1.54, 1.807) is 0 Å². The van der Waals surface area contributed by atoms with Crippen LogP contribution < -0.4 is 5.32 Å². The molecule has 5 heteroatoms. The number of benzene rings is 1. The second-order valence-electron chi connectivity index (χ2n) is 5.79.